The van der Waals surface area contributed by atoms with Crippen LogP contribution in [0.1, 0.15) is 17.0 Å². The molecule has 0 aliphatic heterocycles. The average molecular weight is 267 g/mol. The van der Waals surface area contributed by atoms with E-state index in [2.05, 4.69) is 14.7 Å². The number of aryl methyl sites for hydroxylation is 2. The maximum Gasteiger partial charge on any atom is 0.137 e. The number of hydrogen-bond donors (Lipinski definition) is 2. The Labute approximate surface area is 117 Å². The van der Waals surface area contributed by atoms with Crippen molar-refractivity contribution in [3.05, 3.63) is 59.5 Å². The van der Waals surface area contributed by atoms with Crippen molar-refractivity contribution >= 4 is 11.3 Å². The van der Waals surface area contributed by atoms with E-state index < -0.39 is 0 Å². The smallest absolute Gasteiger partial charge is 0.137 e. The Morgan fingerprint density at radius 2 is 2.05 bits per heavy atom. The summed E-state index contributed by atoms with van der Waals surface area (Å²) in [5.41, 5.74) is 4.87. The summed E-state index contributed by atoms with van der Waals surface area (Å²) in [6, 6.07) is 11.6. The predicted octanol–water partition coefficient (Wildman–Crippen LogP) is 3.27. The average Bonchev–Trinajstić information content (AvgIpc) is 2.76. The number of imidazole rings is 1. The summed E-state index contributed by atoms with van der Waals surface area (Å²) < 4.78 is 2.08. The van der Waals surface area contributed by atoms with E-state index in [4.69, 9.17) is 0 Å². The van der Waals surface area contributed by atoms with Gasteiger partial charge in [-0.3, -0.25) is 0 Å². The number of anilines is 1. The lowest BCUT2D eigenvalue weighted by atomic mass is 10.2. The van der Waals surface area contributed by atoms with E-state index in [1.165, 1.54) is 0 Å². The lowest BCUT2D eigenvalue weighted by molar-refractivity contribution is 0.471. The van der Waals surface area contributed by atoms with Crippen LogP contribution in [-0.2, 0) is 6.54 Å². The highest BCUT2D eigenvalue weighted by molar-refractivity contribution is 5.52. The molecule has 1 aromatic carbocycles. The van der Waals surface area contributed by atoms with Crippen molar-refractivity contribution in [2.45, 2.75) is 20.4 Å². The Balaban J connectivity index is 1.86. The van der Waals surface area contributed by atoms with Gasteiger partial charge in [-0.2, -0.15) is 0 Å². The molecule has 20 heavy (non-hydrogen) atoms. The van der Waals surface area contributed by atoms with Gasteiger partial charge in [0.15, 0.2) is 0 Å². The predicted molar refractivity (Wildman–Crippen MR) is 80.1 cm³/mol. The van der Waals surface area contributed by atoms with Gasteiger partial charge in [0, 0.05) is 18.0 Å². The molecule has 0 spiro atoms. The molecule has 0 radical (unpaired) electrons. The second-order valence-corrected chi connectivity index (χ2v) is 4.93. The highest BCUT2D eigenvalue weighted by atomic mass is 16.3. The van der Waals surface area contributed by atoms with Crippen LogP contribution in [0, 0.1) is 13.8 Å². The maximum absolute atomic E-state index is 9.73. The fraction of sp³-hybridized carbons (Fsp3) is 0.188. The molecule has 0 saturated carbocycles. The number of fused-ring (bicyclic) bond motifs is 1. The minimum atomic E-state index is 0.310. The maximum atomic E-state index is 9.73. The first-order valence-corrected chi connectivity index (χ1v) is 6.61. The summed E-state index contributed by atoms with van der Waals surface area (Å²) in [6.07, 6.45) is 2.01. The SMILES string of the molecule is Cc1ccc(NCc2c(C)nc3ccccn23)cc1O. The molecular formula is C16H17N3O. The lowest BCUT2D eigenvalue weighted by Gasteiger charge is -2.08. The topological polar surface area (TPSA) is 49.6 Å². The van der Waals surface area contributed by atoms with Crippen molar-refractivity contribution in [3.8, 4) is 5.75 Å². The monoisotopic (exact) mass is 267 g/mol. The molecule has 4 heteroatoms. The Bertz CT molecular complexity index is 762. The van der Waals surface area contributed by atoms with E-state index >= 15 is 0 Å². The van der Waals surface area contributed by atoms with Crippen LogP contribution in [0.5, 0.6) is 5.75 Å². The van der Waals surface area contributed by atoms with Crippen LogP contribution >= 0.6 is 0 Å². The van der Waals surface area contributed by atoms with Gasteiger partial charge in [-0.25, -0.2) is 4.98 Å². The number of phenols is 1. The number of nitrogens with zero attached hydrogens (tertiary/aromatic N) is 2. The number of aromatic nitrogens is 2. The summed E-state index contributed by atoms with van der Waals surface area (Å²) in [4.78, 5) is 4.53. The van der Waals surface area contributed by atoms with Crippen molar-refractivity contribution in [1.29, 1.82) is 0 Å². The lowest BCUT2D eigenvalue weighted by Crippen LogP contribution is -2.04. The van der Waals surface area contributed by atoms with Gasteiger partial charge in [-0.15, -0.1) is 0 Å². The standard InChI is InChI=1S/C16H17N3O/c1-11-6-7-13(9-15(11)20)17-10-14-12(2)18-16-5-3-4-8-19(14)16/h3-9,17,20H,10H2,1-2H3. The summed E-state index contributed by atoms with van der Waals surface area (Å²) in [5.74, 6) is 0.310. The van der Waals surface area contributed by atoms with Gasteiger partial charge in [-0.1, -0.05) is 12.1 Å². The zero-order chi connectivity index (χ0) is 14.1. The molecule has 4 nitrogen and oxygen atoms in total. The number of aromatic hydroxyl groups is 1. The molecule has 0 saturated heterocycles. The molecule has 2 heterocycles. The van der Waals surface area contributed by atoms with Crippen LogP contribution in [0.15, 0.2) is 42.6 Å². The molecule has 0 bridgehead atoms. The minimum Gasteiger partial charge on any atom is -0.508 e. The number of rotatable bonds is 3. The highest BCUT2D eigenvalue weighted by Crippen LogP contribution is 2.22. The van der Waals surface area contributed by atoms with E-state index in [0.29, 0.717) is 12.3 Å². The number of phenolic OH excluding ortho intramolecular Hbond substituents is 1. The first-order chi connectivity index (χ1) is 9.65. The zero-order valence-electron chi connectivity index (χ0n) is 11.6. The van der Waals surface area contributed by atoms with E-state index in [0.717, 1.165) is 28.3 Å². The molecule has 0 aliphatic carbocycles. The molecule has 0 unspecified atom stereocenters. The van der Waals surface area contributed by atoms with Gasteiger partial charge in [0.2, 0.25) is 0 Å². The summed E-state index contributed by atoms with van der Waals surface area (Å²) in [7, 11) is 0. The first kappa shape index (κ1) is 12.5. The van der Waals surface area contributed by atoms with Crippen LogP contribution in [0.3, 0.4) is 0 Å². The number of nitrogens with one attached hydrogen (secondary N) is 1. The van der Waals surface area contributed by atoms with Crippen LogP contribution in [0.2, 0.25) is 0 Å². The second-order valence-electron chi connectivity index (χ2n) is 4.93. The number of benzene rings is 1. The van der Waals surface area contributed by atoms with Crippen LogP contribution in [-0.4, -0.2) is 14.5 Å². The summed E-state index contributed by atoms with van der Waals surface area (Å²) in [5, 5.41) is 13.1. The molecule has 0 aliphatic rings. The van der Waals surface area contributed by atoms with Crippen LogP contribution < -0.4 is 5.32 Å². The van der Waals surface area contributed by atoms with Gasteiger partial charge < -0.3 is 14.8 Å². The van der Waals surface area contributed by atoms with E-state index in [-0.39, 0.29) is 0 Å². The Morgan fingerprint density at radius 3 is 2.85 bits per heavy atom. The van der Waals surface area contributed by atoms with Crippen molar-refractivity contribution in [2.24, 2.45) is 0 Å². The van der Waals surface area contributed by atoms with Gasteiger partial charge >= 0.3 is 0 Å². The fourth-order valence-corrected chi connectivity index (χ4v) is 2.28. The van der Waals surface area contributed by atoms with Crippen molar-refractivity contribution in [2.75, 3.05) is 5.32 Å². The third-order valence-corrected chi connectivity index (χ3v) is 3.50. The molecule has 2 aromatic heterocycles. The van der Waals surface area contributed by atoms with Crippen molar-refractivity contribution < 1.29 is 5.11 Å². The Morgan fingerprint density at radius 1 is 1.20 bits per heavy atom. The largest absolute Gasteiger partial charge is 0.508 e. The molecule has 2 N–H and O–H groups in total. The number of hydrogen-bond acceptors (Lipinski definition) is 3. The molecule has 102 valence electrons. The van der Waals surface area contributed by atoms with Gasteiger partial charge in [-0.05, 0) is 37.6 Å². The number of pyridine rings is 1. The van der Waals surface area contributed by atoms with Crippen LogP contribution in [0.25, 0.3) is 5.65 Å². The zero-order valence-corrected chi connectivity index (χ0v) is 11.6. The van der Waals surface area contributed by atoms with E-state index in [9.17, 15) is 5.11 Å². The molecule has 0 fully saturated rings. The molecule has 0 amide bonds. The van der Waals surface area contributed by atoms with Gasteiger partial charge in [0.1, 0.15) is 11.4 Å². The fourth-order valence-electron chi connectivity index (χ4n) is 2.28. The molecular weight excluding hydrogens is 250 g/mol. The molecule has 3 rings (SSSR count). The third kappa shape index (κ3) is 2.20. The van der Waals surface area contributed by atoms with Gasteiger partial charge in [0.25, 0.3) is 0 Å². The van der Waals surface area contributed by atoms with E-state index in [1.54, 1.807) is 6.07 Å². The third-order valence-electron chi connectivity index (χ3n) is 3.50. The Hall–Kier alpha value is -2.49. The quantitative estimate of drug-likeness (QED) is 0.765. The van der Waals surface area contributed by atoms with Crippen molar-refractivity contribution in [3.63, 3.8) is 0 Å². The molecule has 0 atom stereocenters. The second kappa shape index (κ2) is 4.89. The normalized spacial score (nSPS) is 10.9. The summed E-state index contributed by atoms with van der Waals surface area (Å²) >= 11 is 0. The van der Waals surface area contributed by atoms with Gasteiger partial charge in [0.05, 0.1) is 17.9 Å². The van der Waals surface area contributed by atoms with Crippen LogP contribution in [0.4, 0.5) is 5.69 Å². The highest BCUT2D eigenvalue weighted by Gasteiger charge is 2.07. The first-order valence-electron chi connectivity index (χ1n) is 6.61. The molecule has 3 aromatic rings. The minimum absolute atomic E-state index is 0.310. The van der Waals surface area contributed by atoms with E-state index in [1.807, 2.05) is 50.4 Å². The Kier molecular flexibility index (Phi) is 3.06. The van der Waals surface area contributed by atoms with Crippen molar-refractivity contribution in [1.82, 2.24) is 9.38 Å². The summed E-state index contributed by atoms with van der Waals surface area (Å²) in [6.45, 7) is 4.56.